The van der Waals surface area contributed by atoms with Gasteiger partial charge in [-0.25, -0.2) is 13.2 Å². The SMILES string of the molecule is CC(C)(c1cc(F)c(F)c(F)c1)C1C=CC=C1. The first kappa shape index (κ1) is 12.0. The van der Waals surface area contributed by atoms with E-state index in [1.807, 2.05) is 38.2 Å². The monoisotopic (exact) mass is 238 g/mol. The van der Waals surface area contributed by atoms with Crippen LogP contribution in [0.3, 0.4) is 0 Å². The fourth-order valence-corrected chi connectivity index (χ4v) is 2.03. The van der Waals surface area contributed by atoms with Crippen LogP contribution in [0, 0.1) is 23.4 Å². The van der Waals surface area contributed by atoms with E-state index < -0.39 is 22.9 Å². The van der Waals surface area contributed by atoms with Crippen LogP contribution in [0.1, 0.15) is 19.4 Å². The van der Waals surface area contributed by atoms with Gasteiger partial charge in [0.05, 0.1) is 0 Å². The van der Waals surface area contributed by atoms with Crippen molar-refractivity contribution >= 4 is 0 Å². The van der Waals surface area contributed by atoms with Crippen LogP contribution in [0.25, 0.3) is 0 Å². The molecule has 0 unspecified atom stereocenters. The Balaban J connectivity index is 2.46. The molecule has 1 aromatic carbocycles. The third-order valence-electron chi connectivity index (χ3n) is 3.31. The molecular weight excluding hydrogens is 225 g/mol. The third-order valence-corrected chi connectivity index (χ3v) is 3.31. The van der Waals surface area contributed by atoms with Gasteiger partial charge in [0.15, 0.2) is 17.5 Å². The van der Waals surface area contributed by atoms with Gasteiger partial charge in [-0.3, -0.25) is 0 Å². The number of allylic oxidation sites excluding steroid dienone is 4. The lowest BCUT2D eigenvalue weighted by Gasteiger charge is -2.30. The number of benzene rings is 1. The standard InChI is InChI=1S/C14H13F3/c1-14(2,9-5-3-4-6-9)10-7-11(15)13(17)12(16)8-10/h3-9H,1-2H3. The zero-order chi connectivity index (χ0) is 12.6. The Morgan fingerprint density at radius 1 is 0.941 bits per heavy atom. The smallest absolute Gasteiger partial charge is 0.194 e. The average Bonchev–Trinajstić information content (AvgIpc) is 2.79. The van der Waals surface area contributed by atoms with Gasteiger partial charge in [0.2, 0.25) is 0 Å². The zero-order valence-electron chi connectivity index (χ0n) is 9.68. The van der Waals surface area contributed by atoms with Gasteiger partial charge < -0.3 is 0 Å². The lowest BCUT2D eigenvalue weighted by atomic mass is 9.74. The molecule has 0 amide bonds. The van der Waals surface area contributed by atoms with Gasteiger partial charge >= 0.3 is 0 Å². The normalized spacial score (nSPS) is 15.8. The number of hydrogen-bond acceptors (Lipinski definition) is 0. The molecule has 90 valence electrons. The predicted molar refractivity (Wildman–Crippen MR) is 61.1 cm³/mol. The first-order chi connectivity index (χ1) is 7.93. The number of hydrogen-bond donors (Lipinski definition) is 0. The van der Waals surface area contributed by atoms with E-state index in [0.717, 1.165) is 12.1 Å². The van der Waals surface area contributed by atoms with E-state index in [-0.39, 0.29) is 5.92 Å². The van der Waals surface area contributed by atoms with E-state index >= 15 is 0 Å². The van der Waals surface area contributed by atoms with Crippen LogP contribution in [0.2, 0.25) is 0 Å². The van der Waals surface area contributed by atoms with E-state index in [1.54, 1.807) is 0 Å². The molecule has 0 N–H and O–H groups in total. The molecule has 0 radical (unpaired) electrons. The molecule has 1 aliphatic rings. The van der Waals surface area contributed by atoms with Gasteiger partial charge in [-0.15, -0.1) is 0 Å². The molecule has 1 aliphatic carbocycles. The van der Waals surface area contributed by atoms with E-state index in [0.29, 0.717) is 5.56 Å². The largest absolute Gasteiger partial charge is 0.204 e. The molecule has 0 aromatic heterocycles. The van der Waals surface area contributed by atoms with Crippen molar-refractivity contribution in [3.8, 4) is 0 Å². The molecule has 17 heavy (non-hydrogen) atoms. The summed E-state index contributed by atoms with van der Waals surface area (Å²) in [6, 6.07) is 2.14. The second kappa shape index (κ2) is 4.06. The first-order valence-electron chi connectivity index (χ1n) is 5.43. The predicted octanol–water partition coefficient (Wildman–Crippen LogP) is 4.12. The van der Waals surface area contributed by atoms with Gasteiger partial charge in [-0.05, 0) is 23.1 Å². The summed E-state index contributed by atoms with van der Waals surface area (Å²) in [5, 5.41) is 0. The molecule has 0 fully saturated rings. The minimum Gasteiger partial charge on any atom is -0.204 e. The highest BCUT2D eigenvalue weighted by atomic mass is 19.2. The molecule has 0 saturated carbocycles. The van der Waals surface area contributed by atoms with Crippen molar-refractivity contribution in [1.82, 2.24) is 0 Å². The second-order valence-corrected chi connectivity index (χ2v) is 4.77. The topological polar surface area (TPSA) is 0 Å². The Bertz CT molecular complexity index is 463. The maximum absolute atomic E-state index is 13.2. The highest BCUT2D eigenvalue weighted by Crippen LogP contribution is 2.36. The summed E-state index contributed by atoms with van der Waals surface area (Å²) in [4.78, 5) is 0. The van der Waals surface area contributed by atoms with Crippen LogP contribution >= 0.6 is 0 Å². The minimum atomic E-state index is -1.41. The molecule has 0 saturated heterocycles. The molecule has 0 spiro atoms. The molecule has 3 heteroatoms. The Morgan fingerprint density at radius 2 is 1.41 bits per heavy atom. The minimum absolute atomic E-state index is 0.0618. The summed E-state index contributed by atoms with van der Waals surface area (Å²) in [5.41, 5.74) is -0.0195. The van der Waals surface area contributed by atoms with Gasteiger partial charge in [0, 0.05) is 5.92 Å². The fourth-order valence-electron chi connectivity index (χ4n) is 2.03. The van der Waals surface area contributed by atoms with E-state index in [1.165, 1.54) is 0 Å². The third kappa shape index (κ3) is 2.02. The average molecular weight is 238 g/mol. The van der Waals surface area contributed by atoms with Crippen molar-refractivity contribution in [1.29, 1.82) is 0 Å². The van der Waals surface area contributed by atoms with Gasteiger partial charge in [-0.2, -0.15) is 0 Å². The molecule has 1 aromatic rings. The van der Waals surface area contributed by atoms with Crippen molar-refractivity contribution in [2.45, 2.75) is 19.3 Å². The summed E-state index contributed by atoms with van der Waals surface area (Å²) in [6.07, 6.45) is 7.70. The maximum atomic E-state index is 13.2. The van der Waals surface area contributed by atoms with Gasteiger partial charge in [-0.1, -0.05) is 38.2 Å². The summed E-state index contributed by atoms with van der Waals surface area (Å²) in [5.74, 6) is -3.63. The van der Waals surface area contributed by atoms with E-state index in [9.17, 15) is 13.2 Å². The number of rotatable bonds is 2. The number of halogens is 3. The van der Waals surface area contributed by atoms with E-state index in [4.69, 9.17) is 0 Å². The van der Waals surface area contributed by atoms with Crippen molar-refractivity contribution in [2.75, 3.05) is 0 Å². The van der Waals surface area contributed by atoms with Crippen molar-refractivity contribution < 1.29 is 13.2 Å². The highest BCUT2D eigenvalue weighted by Gasteiger charge is 2.30. The molecule has 0 atom stereocenters. The summed E-state index contributed by atoms with van der Waals surface area (Å²) in [7, 11) is 0. The van der Waals surface area contributed by atoms with Gasteiger partial charge in [0.1, 0.15) is 0 Å². The van der Waals surface area contributed by atoms with Crippen LogP contribution in [-0.2, 0) is 5.41 Å². The molecule has 0 nitrogen and oxygen atoms in total. The summed E-state index contributed by atoms with van der Waals surface area (Å²) >= 11 is 0. The van der Waals surface area contributed by atoms with Crippen LogP contribution < -0.4 is 0 Å². The van der Waals surface area contributed by atoms with Crippen molar-refractivity contribution in [3.63, 3.8) is 0 Å². The van der Waals surface area contributed by atoms with Crippen LogP contribution in [0.4, 0.5) is 13.2 Å². The Labute approximate surface area is 98.5 Å². The summed E-state index contributed by atoms with van der Waals surface area (Å²) < 4.78 is 39.3. The molecule has 0 bridgehead atoms. The quantitative estimate of drug-likeness (QED) is 0.680. The van der Waals surface area contributed by atoms with Crippen molar-refractivity contribution in [3.05, 3.63) is 59.5 Å². The zero-order valence-corrected chi connectivity index (χ0v) is 9.68. The van der Waals surface area contributed by atoms with Crippen LogP contribution in [-0.4, -0.2) is 0 Å². The lowest BCUT2D eigenvalue weighted by Crippen LogP contribution is -2.26. The molecular formula is C14H13F3. The van der Waals surface area contributed by atoms with E-state index in [2.05, 4.69) is 0 Å². The summed E-state index contributed by atoms with van der Waals surface area (Å²) in [6.45, 7) is 3.76. The van der Waals surface area contributed by atoms with Gasteiger partial charge in [0.25, 0.3) is 0 Å². The molecule has 0 heterocycles. The van der Waals surface area contributed by atoms with Crippen molar-refractivity contribution in [2.24, 2.45) is 5.92 Å². The molecule has 0 aliphatic heterocycles. The maximum Gasteiger partial charge on any atom is 0.194 e. The Morgan fingerprint density at radius 3 is 1.88 bits per heavy atom. The first-order valence-corrected chi connectivity index (χ1v) is 5.43. The Kier molecular flexibility index (Phi) is 2.86. The van der Waals surface area contributed by atoms with Crippen LogP contribution in [0.15, 0.2) is 36.4 Å². The highest BCUT2D eigenvalue weighted by molar-refractivity contribution is 5.33. The second-order valence-electron chi connectivity index (χ2n) is 4.77. The lowest BCUT2D eigenvalue weighted by molar-refractivity contribution is 0.416. The molecule has 2 rings (SSSR count). The van der Waals surface area contributed by atoms with Crippen LogP contribution in [0.5, 0.6) is 0 Å². The fraction of sp³-hybridized carbons (Fsp3) is 0.286. The Hall–Kier alpha value is -1.51.